The molecule has 1 saturated carbocycles. The molecular formula is C23H19N3O2. The highest BCUT2D eigenvalue weighted by molar-refractivity contribution is 5.87. The van der Waals surface area contributed by atoms with Gasteiger partial charge in [-0.1, -0.05) is 42.5 Å². The number of hydrogen-bond acceptors (Lipinski definition) is 3. The summed E-state index contributed by atoms with van der Waals surface area (Å²) in [5.74, 6) is 0.0272. The second-order valence-corrected chi connectivity index (χ2v) is 7.33. The van der Waals surface area contributed by atoms with E-state index >= 15 is 0 Å². The summed E-state index contributed by atoms with van der Waals surface area (Å²) in [6.45, 7) is 2.00. The quantitative estimate of drug-likeness (QED) is 0.571. The molecule has 2 atom stereocenters. The Kier molecular flexibility index (Phi) is 3.76. The van der Waals surface area contributed by atoms with Crippen LogP contribution in [0.1, 0.15) is 23.6 Å². The molecule has 0 bridgehead atoms. The predicted molar refractivity (Wildman–Crippen MR) is 108 cm³/mol. The summed E-state index contributed by atoms with van der Waals surface area (Å²) in [6, 6.07) is 20.4. The van der Waals surface area contributed by atoms with Gasteiger partial charge in [0.2, 0.25) is 0 Å². The summed E-state index contributed by atoms with van der Waals surface area (Å²) in [5, 5.41) is 14.9. The van der Waals surface area contributed by atoms with Gasteiger partial charge in [0.05, 0.1) is 17.1 Å². The Hall–Kier alpha value is -3.47. The van der Waals surface area contributed by atoms with Crippen molar-refractivity contribution in [2.45, 2.75) is 19.3 Å². The molecule has 1 aliphatic carbocycles. The van der Waals surface area contributed by atoms with Crippen molar-refractivity contribution in [3.8, 4) is 16.9 Å². The van der Waals surface area contributed by atoms with Crippen molar-refractivity contribution in [2.75, 3.05) is 0 Å². The number of benzene rings is 2. The van der Waals surface area contributed by atoms with Crippen molar-refractivity contribution >= 4 is 16.9 Å². The molecule has 4 aromatic rings. The third-order valence-corrected chi connectivity index (χ3v) is 5.51. The largest absolute Gasteiger partial charge is 0.481 e. The molecule has 2 aromatic carbocycles. The van der Waals surface area contributed by atoms with Crippen LogP contribution in [-0.4, -0.2) is 25.8 Å². The maximum Gasteiger partial charge on any atom is 0.307 e. The molecule has 5 rings (SSSR count). The highest BCUT2D eigenvalue weighted by Crippen LogP contribution is 2.47. The normalized spacial score (nSPS) is 18.3. The van der Waals surface area contributed by atoms with E-state index in [0.29, 0.717) is 0 Å². The van der Waals surface area contributed by atoms with Gasteiger partial charge in [-0.3, -0.25) is 4.79 Å². The summed E-state index contributed by atoms with van der Waals surface area (Å²) in [7, 11) is 0. The summed E-state index contributed by atoms with van der Waals surface area (Å²) in [6.07, 6.45) is 2.51. The van der Waals surface area contributed by atoms with E-state index in [1.165, 1.54) is 0 Å². The number of aliphatic carboxylic acids is 1. The average Bonchev–Trinajstić information content (AvgIpc) is 3.47. The molecule has 1 N–H and O–H groups in total. The lowest BCUT2D eigenvalue weighted by Gasteiger charge is -2.06. The van der Waals surface area contributed by atoms with Gasteiger partial charge in [-0.25, -0.2) is 9.67 Å². The Labute approximate surface area is 162 Å². The molecule has 0 radical (unpaired) electrons. The Bertz CT molecular complexity index is 1180. The van der Waals surface area contributed by atoms with Crippen molar-refractivity contribution in [2.24, 2.45) is 5.92 Å². The molecule has 2 aromatic heterocycles. The Balaban J connectivity index is 1.52. The molecule has 0 aliphatic heterocycles. The molecule has 0 spiro atoms. The van der Waals surface area contributed by atoms with E-state index in [9.17, 15) is 4.79 Å². The minimum absolute atomic E-state index is 0.155. The first-order valence-electron chi connectivity index (χ1n) is 9.36. The van der Waals surface area contributed by atoms with Crippen LogP contribution >= 0.6 is 0 Å². The van der Waals surface area contributed by atoms with Crippen molar-refractivity contribution in [3.05, 3.63) is 78.1 Å². The molecule has 0 amide bonds. The van der Waals surface area contributed by atoms with Crippen LogP contribution in [0.25, 0.3) is 27.8 Å². The van der Waals surface area contributed by atoms with Gasteiger partial charge in [-0.2, -0.15) is 5.10 Å². The lowest BCUT2D eigenvalue weighted by molar-refractivity contribution is -0.138. The number of carboxylic acids is 1. The standard InChI is InChI=1S/C23H19N3O2/c1-14-18-10-9-17(12-21(18)26(25-14)22-4-2-3-11-24-22)15-5-7-16(8-6-15)19-13-20(19)23(27)28/h2-12,19-20H,13H2,1H3,(H,27,28)/t19-,20+/m0/s1. The fourth-order valence-electron chi connectivity index (χ4n) is 3.86. The van der Waals surface area contributed by atoms with Crippen molar-refractivity contribution in [1.29, 1.82) is 0 Å². The van der Waals surface area contributed by atoms with Gasteiger partial charge < -0.3 is 5.11 Å². The number of rotatable bonds is 4. The SMILES string of the molecule is Cc1nn(-c2ccccn2)c2cc(-c3ccc([C@@H]4C[C@H]4C(=O)O)cc3)ccc12. The number of fused-ring (bicyclic) bond motifs is 1. The maximum atomic E-state index is 11.1. The topological polar surface area (TPSA) is 68.0 Å². The molecule has 1 fully saturated rings. The van der Waals surface area contributed by atoms with E-state index < -0.39 is 5.97 Å². The van der Waals surface area contributed by atoms with Crippen LogP contribution in [-0.2, 0) is 4.79 Å². The van der Waals surface area contributed by atoms with Gasteiger partial charge in [0, 0.05) is 11.6 Å². The molecule has 5 nitrogen and oxygen atoms in total. The highest BCUT2D eigenvalue weighted by Gasteiger charge is 2.43. The Morgan fingerprint density at radius 1 is 1.07 bits per heavy atom. The molecular weight excluding hydrogens is 350 g/mol. The first-order chi connectivity index (χ1) is 13.6. The number of hydrogen-bond donors (Lipinski definition) is 1. The zero-order valence-electron chi connectivity index (χ0n) is 15.4. The van der Waals surface area contributed by atoms with Gasteiger partial charge in [0.25, 0.3) is 0 Å². The minimum atomic E-state index is -0.697. The van der Waals surface area contributed by atoms with Crippen LogP contribution in [0.5, 0.6) is 0 Å². The average molecular weight is 369 g/mol. The summed E-state index contributed by atoms with van der Waals surface area (Å²) in [4.78, 5) is 15.5. The molecule has 28 heavy (non-hydrogen) atoms. The predicted octanol–water partition coefficient (Wildman–Crippen LogP) is 4.58. The first kappa shape index (κ1) is 16.7. The molecule has 0 unspecified atom stereocenters. The number of aromatic nitrogens is 3. The van der Waals surface area contributed by atoms with E-state index in [4.69, 9.17) is 5.11 Å². The number of aryl methyl sites for hydroxylation is 1. The number of carboxylic acid groups (broad SMARTS) is 1. The third-order valence-electron chi connectivity index (χ3n) is 5.51. The second kappa shape index (κ2) is 6.30. The zero-order valence-corrected chi connectivity index (χ0v) is 15.4. The van der Waals surface area contributed by atoms with Crippen LogP contribution in [0.2, 0.25) is 0 Å². The van der Waals surface area contributed by atoms with E-state index in [-0.39, 0.29) is 11.8 Å². The number of nitrogens with zero attached hydrogens (tertiary/aromatic N) is 3. The minimum Gasteiger partial charge on any atom is -0.481 e. The van der Waals surface area contributed by atoms with Crippen LogP contribution in [0, 0.1) is 12.8 Å². The summed E-state index contributed by atoms with van der Waals surface area (Å²) in [5.41, 5.74) is 5.29. The first-order valence-corrected chi connectivity index (χ1v) is 9.36. The lowest BCUT2D eigenvalue weighted by atomic mass is 10.0. The van der Waals surface area contributed by atoms with Gasteiger partial charge >= 0.3 is 5.97 Å². The monoisotopic (exact) mass is 369 g/mol. The summed E-state index contributed by atoms with van der Waals surface area (Å²) >= 11 is 0. The van der Waals surface area contributed by atoms with E-state index in [2.05, 4.69) is 52.5 Å². The van der Waals surface area contributed by atoms with Gasteiger partial charge in [-0.15, -0.1) is 0 Å². The van der Waals surface area contributed by atoms with Gasteiger partial charge in [-0.05, 0) is 54.2 Å². The summed E-state index contributed by atoms with van der Waals surface area (Å²) < 4.78 is 1.88. The van der Waals surface area contributed by atoms with Crippen LogP contribution in [0.15, 0.2) is 66.9 Å². The number of carbonyl (C=O) groups is 1. The van der Waals surface area contributed by atoms with Crippen LogP contribution in [0.4, 0.5) is 0 Å². The Morgan fingerprint density at radius 3 is 2.54 bits per heavy atom. The van der Waals surface area contributed by atoms with Gasteiger partial charge in [0.15, 0.2) is 5.82 Å². The van der Waals surface area contributed by atoms with Crippen LogP contribution in [0.3, 0.4) is 0 Å². The number of pyridine rings is 1. The van der Waals surface area contributed by atoms with Crippen molar-refractivity contribution < 1.29 is 9.90 Å². The molecule has 138 valence electrons. The third kappa shape index (κ3) is 2.76. The fraction of sp³-hybridized carbons (Fsp3) is 0.174. The van der Waals surface area contributed by atoms with E-state index in [1.807, 2.05) is 29.8 Å². The van der Waals surface area contributed by atoms with Crippen molar-refractivity contribution in [1.82, 2.24) is 14.8 Å². The molecule has 1 aliphatic rings. The molecule has 5 heteroatoms. The molecule has 0 saturated heterocycles. The second-order valence-electron chi connectivity index (χ2n) is 7.33. The Morgan fingerprint density at radius 2 is 1.86 bits per heavy atom. The highest BCUT2D eigenvalue weighted by atomic mass is 16.4. The smallest absolute Gasteiger partial charge is 0.307 e. The van der Waals surface area contributed by atoms with Gasteiger partial charge in [0.1, 0.15) is 0 Å². The maximum absolute atomic E-state index is 11.1. The fourth-order valence-corrected chi connectivity index (χ4v) is 3.86. The van der Waals surface area contributed by atoms with E-state index in [0.717, 1.165) is 45.5 Å². The van der Waals surface area contributed by atoms with Crippen molar-refractivity contribution in [3.63, 3.8) is 0 Å². The van der Waals surface area contributed by atoms with E-state index in [1.54, 1.807) is 6.20 Å². The zero-order chi connectivity index (χ0) is 19.3. The van der Waals surface area contributed by atoms with Crippen LogP contribution < -0.4 is 0 Å². The lowest BCUT2D eigenvalue weighted by Crippen LogP contribution is -1.99. The molecule has 2 heterocycles.